The molecule has 1 fully saturated rings. The van der Waals surface area contributed by atoms with E-state index in [1.807, 2.05) is 0 Å². The maximum atomic E-state index is 12.1. The lowest BCUT2D eigenvalue weighted by Gasteiger charge is -2.16. The molecular weight excluding hydrogens is 270 g/mol. The van der Waals surface area contributed by atoms with Gasteiger partial charge in [-0.05, 0) is 40.9 Å². The smallest absolute Gasteiger partial charge is 0.251 e. The Labute approximate surface area is 122 Å². The van der Waals surface area contributed by atoms with Crippen molar-refractivity contribution in [3.63, 3.8) is 0 Å². The van der Waals surface area contributed by atoms with E-state index in [0.29, 0.717) is 5.56 Å². The molecule has 0 spiro atoms. The summed E-state index contributed by atoms with van der Waals surface area (Å²) in [7, 11) is 0. The van der Waals surface area contributed by atoms with Gasteiger partial charge in [-0.2, -0.15) is 11.3 Å². The van der Waals surface area contributed by atoms with E-state index >= 15 is 0 Å². The minimum Gasteiger partial charge on any atom is -0.348 e. The average molecular weight is 287 g/mol. The zero-order chi connectivity index (χ0) is 13.8. The van der Waals surface area contributed by atoms with Crippen molar-refractivity contribution in [2.24, 2.45) is 0 Å². The molecule has 1 saturated heterocycles. The van der Waals surface area contributed by atoms with Crippen molar-refractivity contribution in [3.05, 3.63) is 52.5 Å². The van der Waals surface area contributed by atoms with E-state index in [1.165, 1.54) is 5.56 Å². The summed E-state index contributed by atoms with van der Waals surface area (Å²) in [5, 5.41) is 7.39. The van der Waals surface area contributed by atoms with Gasteiger partial charge in [-0.3, -0.25) is 14.7 Å². The Balaban J connectivity index is 1.52. The Morgan fingerprint density at radius 1 is 1.40 bits per heavy atom. The molecule has 3 heterocycles. The lowest BCUT2D eigenvalue weighted by atomic mass is 10.2. The third kappa shape index (κ3) is 3.23. The second-order valence-corrected chi connectivity index (χ2v) is 5.84. The highest BCUT2D eigenvalue weighted by Gasteiger charge is 2.24. The molecule has 0 aromatic carbocycles. The first-order valence-electron chi connectivity index (χ1n) is 6.75. The van der Waals surface area contributed by atoms with Crippen LogP contribution in [0, 0.1) is 0 Å². The van der Waals surface area contributed by atoms with Crippen LogP contribution in [0.2, 0.25) is 0 Å². The number of hydrogen-bond acceptors (Lipinski definition) is 4. The number of hydrogen-bond donors (Lipinski definition) is 1. The summed E-state index contributed by atoms with van der Waals surface area (Å²) in [5.74, 6) is -0.00483. The Hall–Kier alpha value is -1.72. The molecule has 1 N–H and O–H groups in total. The number of likely N-dealkylation sites (tertiary alicyclic amines) is 1. The first-order chi connectivity index (χ1) is 9.81. The minimum absolute atomic E-state index is 0.00483. The molecule has 3 rings (SSSR count). The number of carbonyl (C=O) groups is 1. The molecule has 1 amide bonds. The Morgan fingerprint density at radius 2 is 2.25 bits per heavy atom. The Morgan fingerprint density at radius 3 is 3.00 bits per heavy atom. The Kier molecular flexibility index (Phi) is 4.08. The number of pyridine rings is 1. The van der Waals surface area contributed by atoms with Gasteiger partial charge in [0.15, 0.2) is 0 Å². The van der Waals surface area contributed by atoms with E-state index in [0.717, 1.165) is 26.1 Å². The van der Waals surface area contributed by atoms with E-state index in [9.17, 15) is 4.79 Å². The summed E-state index contributed by atoms with van der Waals surface area (Å²) < 4.78 is 0. The van der Waals surface area contributed by atoms with E-state index in [4.69, 9.17) is 0 Å². The fourth-order valence-corrected chi connectivity index (χ4v) is 3.17. The van der Waals surface area contributed by atoms with Gasteiger partial charge in [-0.15, -0.1) is 0 Å². The molecule has 104 valence electrons. The number of amides is 1. The summed E-state index contributed by atoms with van der Waals surface area (Å²) in [6.07, 6.45) is 4.31. The first kappa shape index (κ1) is 13.3. The number of rotatable bonds is 4. The Bertz CT molecular complexity index is 556. The highest BCUT2D eigenvalue weighted by molar-refractivity contribution is 7.07. The van der Waals surface area contributed by atoms with Gasteiger partial charge in [-0.25, -0.2) is 0 Å². The van der Waals surface area contributed by atoms with E-state index in [1.54, 1.807) is 35.9 Å². The quantitative estimate of drug-likeness (QED) is 0.937. The number of carbonyl (C=O) groups excluding carboxylic acids is 1. The molecule has 1 unspecified atom stereocenters. The van der Waals surface area contributed by atoms with Gasteiger partial charge in [0.1, 0.15) is 0 Å². The lowest BCUT2D eigenvalue weighted by Crippen LogP contribution is -2.36. The van der Waals surface area contributed by atoms with Crippen LogP contribution in [-0.2, 0) is 6.54 Å². The second-order valence-electron chi connectivity index (χ2n) is 5.06. The van der Waals surface area contributed by atoms with E-state index < -0.39 is 0 Å². The van der Waals surface area contributed by atoms with Crippen LogP contribution >= 0.6 is 11.3 Å². The fraction of sp³-hybridized carbons (Fsp3) is 0.333. The number of thiophene rings is 1. The maximum absolute atomic E-state index is 12.1. The molecule has 0 saturated carbocycles. The van der Waals surface area contributed by atoms with Gasteiger partial charge < -0.3 is 5.32 Å². The zero-order valence-corrected chi connectivity index (χ0v) is 12.0. The summed E-state index contributed by atoms with van der Waals surface area (Å²) in [5.41, 5.74) is 2.03. The zero-order valence-electron chi connectivity index (χ0n) is 11.2. The number of nitrogens with zero attached hydrogens (tertiary/aromatic N) is 2. The van der Waals surface area contributed by atoms with Crippen molar-refractivity contribution in [2.75, 3.05) is 13.1 Å². The van der Waals surface area contributed by atoms with Crippen LogP contribution in [0.25, 0.3) is 0 Å². The largest absolute Gasteiger partial charge is 0.348 e. The standard InChI is InChI=1S/C15H17N3OS/c19-15(13-1-5-16-6-2-13)17-14-3-7-18(10-14)9-12-4-8-20-11-12/h1-2,4-6,8,11,14H,3,7,9-10H2,(H,17,19). The van der Waals surface area contributed by atoms with E-state index in [2.05, 4.69) is 32.0 Å². The van der Waals surface area contributed by atoms with Crippen molar-refractivity contribution in [1.29, 1.82) is 0 Å². The van der Waals surface area contributed by atoms with Crippen molar-refractivity contribution in [3.8, 4) is 0 Å². The molecule has 20 heavy (non-hydrogen) atoms. The predicted molar refractivity (Wildman–Crippen MR) is 79.7 cm³/mol. The predicted octanol–water partition coefficient (Wildman–Crippen LogP) is 2.15. The molecule has 1 aliphatic rings. The molecule has 2 aromatic rings. The summed E-state index contributed by atoms with van der Waals surface area (Å²) in [6.45, 7) is 2.94. The molecule has 2 aromatic heterocycles. The summed E-state index contributed by atoms with van der Waals surface area (Å²) >= 11 is 1.73. The van der Waals surface area contributed by atoms with Gasteiger partial charge in [-0.1, -0.05) is 0 Å². The topological polar surface area (TPSA) is 45.2 Å². The number of nitrogens with one attached hydrogen (secondary N) is 1. The second kappa shape index (κ2) is 6.15. The van der Waals surface area contributed by atoms with Crippen LogP contribution < -0.4 is 5.32 Å². The van der Waals surface area contributed by atoms with Gasteiger partial charge in [0.2, 0.25) is 0 Å². The molecule has 1 atom stereocenters. The van der Waals surface area contributed by atoms with Crippen molar-refractivity contribution >= 4 is 17.2 Å². The first-order valence-corrected chi connectivity index (χ1v) is 7.70. The monoisotopic (exact) mass is 287 g/mol. The molecule has 4 nitrogen and oxygen atoms in total. The van der Waals surface area contributed by atoms with Gasteiger partial charge >= 0.3 is 0 Å². The minimum atomic E-state index is -0.00483. The van der Waals surface area contributed by atoms with Crippen molar-refractivity contribution in [2.45, 2.75) is 19.0 Å². The van der Waals surface area contributed by atoms with Gasteiger partial charge in [0, 0.05) is 43.6 Å². The maximum Gasteiger partial charge on any atom is 0.251 e. The molecule has 0 bridgehead atoms. The van der Waals surface area contributed by atoms with Crippen LogP contribution in [0.15, 0.2) is 41.4 Å². The molecule has 0 aliphatic carbocycles. The molecule has 5 heteroatoms. The van der Waals surface area contributed by atoms with Crippen LogP contribution in [0.3, 0.4) is 0 Å². The van der Waals surface area contributed by atoms with Crippen LogP contribution in [0.4, 0.5) is 0 Å². The number of aromatic nitrogens is 1. The average Bonchev–Trinajstić information content (AvgIpc) is 3.12. The fourth-order valence-electron chi connectivity index (χ4n) is 2.51. The van der Waals surface area contributed by atoms with Crippen LogP contribution in [0.1, 0.15) is 22.3 Å². The van der Waals surface area contributed by atoms with Gasteiger partial charge in [0.05, 0.1) is 0 Å². The van der Waals surface area contributed by atoms with Crippen molar-refractivity contribution < 1.29 is 4.79 Å². The molecule has 1 aliphatic heterocycles. The summed E-state index contributed by atoms with van der Waals surface area (Å²) in [6, 6.07) is 5.89. The third-order valence-corrected chi connectivity index (χ3v) is 4.27. The summed E-state index contributed by atoms with van der Waals surface area (Å²) in [4.78, 5) is 18.4. The van der Waals surface area contributed by atoms with Gasteiger partial charge in [0.25, 0.3) is 5.91 Å². The highest BCUT2D eigenvalue weighted by Crippen LogP contribution is 2.15. The van der Waals surface area contributed by atoms with Crippen LogP contribution in [-0.4, -0.2) is 34.9 Å². The van der Waals surface area contributed by atoms with E-state index in [-0.39, 0.29) is 11.9 Å². The highest BCUT2D eigenvalue weighted by atomic mass is 32.1. The normalized spacial score (nSPS) is 19.1. The molecule has 0 radical (unpaired) electrons. The van der Waals surface area contributed by atoms with Crippen LogP contribution in [0.5, 0.6) is 0 Å². The van der Waals surface area contributed by atoms with Crippen molar-refractivity contribution in [1.82, 2.24) is 15.2 Å². The molecular formula is C15H17N3OS. The lowest BCUT2D eigenvalue weighted by molar-refractivity contribution is 0.0937. The SMILES string of the molecule is O=C(NC1CCN(Cc2ccsc2)C1)c1ccncc1. The third-order valence-electron chi connectivity index (χ3n) is 3.54.